The third kappa shape index (κ3) is 2.92. The average Bonchev–Trinajstić information content (AvgIpc) is 2.21. The Bertz CT molecular complexity index is 374. The molecule has 0 spiro atoms. The van der Waals surface area contributed by atoms with Gasteiger partial charge in [-0.05, 0) is 6.07 Å². The van der Waals surface area contributed by atoms with Gasteiger partial charge in [-0.25, -0.2) is 0 Å². The van der Waals surface area contributed by atoms with Gasteiger partial charge in [-0.2, -0.15) is 0 Å². The molecule has 0 aromatic heterocycles. The summed E-state index contributed by atoms with van der Waals surface area (Å²) in [5.74, 6) is 5.69. The van der Waals surface area contributed by atoms with Crippen LogP contribution in [0.1, 0.15) is 17.5 Å². The lowest BCUT2D eigenvalue weighted by molar-refractivity contribution is 0.305. The highest BCUT2D eigenvalue weighted by atomic mass is 16.4. The zero-order valence-corrected chi connectivity index (χ0v) is 7.64. The summed E-state index contributed by atoms with van der Waals surface area (Å²) in [6.45, 7) is 0.0588. The van der Waals surface area contributed by atoms with Crippen LogP contribution >= 0.6 is 0 Å². The molecule has 0 aliphatic heterocycles. The van der Waals surface area contributed by atoms with Gasteiger partial charge in [0.1, 0.15) is 0 Å². The summed E-state index contributed by atoms with van der Waals surface area (Å²) >= 11 is 0. The standard InChI is InChI=1S/C11H11NO2/c13-8-4-3-6-10-5-1-2-7-11(10)9-12-14/h1-2,5,7,9,13-14H,4,8H2. The van der Waals surface area contributed by atoms with Crippen LogP contribution in [0.3, 0.4) is 0 Å². The first kappa shape index (κ1) is 10.3. The van der Waals surface area contributed by atoms with Crippen LogP contribution in [0.25, 0.3) is 0 Å². The molecular weight excluding hydrogens is 178 g/mol. The van der Waals surface area contributed by atoms with Gasteiger partial charge in [0.05, 0.1) is 12.8 Å². The zero-order chi connectivity index (χ0) is 10.2. The van der Waals surface area contributed by atoms with Crippen LogP contribution in [-0.4, -0.2) is 23.1 Å². The Balaban J connectivity index is 2.91. The van der Waals surface area contributed by atoms with E-state index < -0.39 is 0 Å². The van der Waals surface area contributed by atoms with Gasteiger partial charge in [0.2, 0.25) is 0 Å². The van der Waals surface area contributed by atoms with Crippen LogP contribution in [0.15, 0.2) is 29.4 Å². The Hall–Kier alpha value is -1.79. The van der Waals surface area contributed by atoms with Gasteiger partial charge in [0, 0.05) is 17.5 Å². The maximum absolute atomic E-state index is 8.55. The number of oxime groups is 1. The highest BCUT2D eigenvalue weighted by Gasteiger charge is 1.94. The SMILES string of the molecule is OCCC#Cc1ccccc1C=NO. The Labute approximate surface area is 82.7 Å². The van der Waals surface area contributed by atoms with Gasteiger partial charge in [0.15, 0.2) is 0 Å². The summed E-state index contributed by atoms with van der Waals surface area (Å²) in [6, 6.07) is 7.34. The van der Waals surface area contributed by atoms with E-state index in [2.05, 4.69) is 17.0 Å². The summed E-state index contributed by atoms with van der Waals surface area (Å²) in [6.07, 6.45) is 1.79. The van der Waals surface area contributed by atoms with Crippen LogP contribution in [-0.2, 0) is 0 Å². The van der Waals surface area contributed by atoms with Gasteiger partial charge in [-0.3, -0.25) is 0 Å². The van der Waals surface area contributed by atoms with Gasteiger partial charge < -0.3 is 10.3 Å². The van der Waals surface area contributed by atoms with Crippen molar-refractivity contribution in [2.45, 2.75) is 6.42 Å². The fourth-order valence-corrected chi connectivity index (χ4v) is 0.999. The zero-order valence-electron chi connectivity index (χ0n) is 7.64. The lowest BCUT2D eigenvalue weighted by Gasteiger charge is -1.95. The van der Waals surface area contributed by atoms with Gasteiger partial charge in [0.25, 0.3) is 0 Å². The molecule has 72 valence electrons. The summed E-state index contributed by atoms with van der Waals surface area (Å²) in [4.78, 5) is 0. The Morgan fingerprint density at radius 1 is 1.36 bits per heavy atom. The summed E-state index contributed by atoms with van der Waals surface area (Å²) in [7, 11) is 0. The molecule has 1 aromatic carbocycles. The van der Waals surface area contributed by atoms with Crippen LogP contribution < -0.4 is 0 Å². The Morgan fingerprint density at radius 3 is 2.86 bits per heavy atom. The fourth-order valence-electron chi connectivity index (χ4n) is 0.999. The molecule has 1 rings (SSSR count). The molecule has 0 aliphatic carbocycles. The topological polar surface area (TPSA) is 52.8 Å². The van der Waals surface area contributed by atoms with Gasteiger partial charge in [-0.1, -0.05) is 35.2 Å². The van der Waals surface area contributed by atoms with Crippen LogP contribution in [0.5, 0.6) is 0 Å². The number of benzene rings is 1. The molecule has 0 saturated heterocycles. The van der Waals surface area contributed by atoms with Gasteiger partial charge in [-0.15, -0.1) is 0 Å². The number of rotatable bonds is 2. The van der Waals surface area contributed by atoms with Crippen LogP contribution in [0.2, 0.25) is 0 Å². The molecule has 0 radical (unpaired) electrons. The summed E-state index contributed by atoms with van der Waals surface area (Å²) in [5, 5.41) is 19.9. The minimum Gasteiger partial charge on any atom is -0.411 e. The molecule has 0 saturated carbocycles. The number of hydrogen-bond donors (Lipinski definition) is 2. The largest absolute Gasteiger partial charge is 0.411 e. The second kappa shape index (κ2) is 5.79. The van der Waals surface area contributed by atoms with Crippen molar-refractivity contribution in [2.24, 2.45) is 5.16 Å². The molecular formula is C11H11NO2. The smallest absolute Gasteiger partial charge is 0.0746 e. The van der Waals surface area contributed by atoms with Crippen molar-refractivity contribution >= 4 is 6.21 Å². The number of aliphatic hydroxyl groups is 1. The molecule has 1 aromatic rings. The Morgan fingerprint density at radius 2 is 2.14 bits per heavy atom. The van der Waals surface area contributed by atoms with Crippen molar-refractivity contribution in [2.75, 3.05) is 6.61 Å². The lowest BCUT2D eigenvalue weighted by atomic mass is 10.1. The first-order chi connectivity index (χ1) is 6.88. The van der Waals surface area contributed by atoms with Crippen molar-refractivity contribution in [3.8, 4) is 11.8 Å². The number of hydrogen-bond acceptors (Lipinski definition) is 3. The molecule has 0 fully saturated rings. The highest BCUT2D eigenvalue weighted by molar-refractivity contribution is 5.82. The molecule has 2 N–H and O–H groups in total. The lowest BCUT2D eigenvalue weighted by Crippen LogP contribution is -1.87. The van der Waals surface area contributed by atoms with Crippen molar-refractivity contribution < 1.29 is 10.3 Å². The van der Waals surface area contributed by atoms with E-state index in [1.807, 2.05) is 24.3 Å². The number of nitrogens with zero attached hydrogens (tertiary/aromatic N) is 1. The van der Waals surface area contributed by atoms with E-state index in [4.69, 9.17) is 10.3 Å². The molecule has 3 heteroatoms. The van der Waals surface area contributed by atoms with Crippen molar-refractivity contribution in [3.05, 3.63) is 35.4 Å². The predicted octanol–water partition coefficient (Wildman–Crippen LogP) is 1.23. The van der Waals surface area contributed by atoms with Crippen molar-refractivity contribution in [1.29, 1.82) is 0 Å². The van der Waals surface area contributed by atoms with E-state index in [9.17, 15) is 0 Å². The van der Waals surface area contributed by atoms with E-state index in [0.29, 0.717) is 6.42 Å². The second-order valence-electron chi connectivity index (χ2n) is 2.61. The quantitative estimate of drug-likeness (QED) is 0.318. The molecule has 14 heavy (non-hydrogen) atoms. The van der Waals surface area contributed by atoms with E-state index in [0.717, 1.165) is 11.1 Å². The van der Waals surface area contributed by atoms with Crippen molar-refractivity contribution in [1.82, 2.24) is 0 Å². The summed E-state index contributed by atoms with van der Waals surface area (Å²) < 4.78 is 0. The monoisotopic (exact) mass is 189 g/mol. The first-order valence-electron chi connectivity index (χ1n) is 4.24. The third-order valence-electron chi connectivity index (χ3n) is 1.62. The normalized spacial score (nSPS) is 9.79. The average molecular weight is 189 g/mol. The molecule has 0 atom stereocenters. The molecule has 3 nitrogen and oxygen atoms in total. The molecule has 0 bridgehead atoms. The fraction of sp³-hybridized carbons (Fsp3) is 0.182. The highest BCUT2D eigenvalue weighted by Crippen LogP contribution is 2.04. The molecule has 0 heterocycles. The molecule has 0 amide bonds. The van der Waals surface area contributed by atoms with Gasteiger partial charge >= 0.3 is 0 Å². The van der Waals surface area contributed by atoms with E-state index in [1.54, 1.807) is 0 Å². The molecule has 0 aliphatic rings. The molecule has 0 unspecified atom stereocenters. The van der Waals surface area contributed by atoms with Crippen LogP contribution in [0.4, 0.5) is 0 Å². The Kier molecular flexibility index (Phi) is 4.25. The third-order valence-corrected chi connectivity index (χ3v) is 1.62. The minimum absolute atomic E-state index is 0.0588. The summed E-state index contributed by atoms with van der Waals surface area (Å²) in [5.41, 5.74) is 1.55. The van der Waals surface area contributed by atoms with Crippen LogP contribution in [0, 0.1) is 11.8 Å². The van der Waals surface area contributed by atoms with Crippen molar-refractivity contribution in [3.63, 3.8) is 0 Å². The maximum Gasteiger partial charge on any atom is 0.0746 e. The second-order valence-corrected chi connectivity index (χ2v) is 2.61. The van der Waals surface area contributed by atoms with E-state index >= 15 is 0 Å². The minimum atomic E-state index is 0.0588. The maximum atomic E-state index is 8.55. The first-order valence-corrected chi connectivity index (χ1v) is 4.24. The predicted molar refractivity (Wildman–Crippen MR) is 54.4 cm³/mol. The number of aliphatic hydroxyl groups excluding tert-OH is 1. The van der Waals surface area contributed by atoms with E-state index in [-0.39, 0.29) is 6.61 Å². The van der Waals surface area contributed by atoms with E-state index in [1.165, 1.54) is 6.21 Å².